The average Bonchev–Trinajstić information content (AvgIpc) is 2.12. The van der Waals surface area contributed by atoms with E-state index in [1.807, 2.05) is 6.07 Å². The number of benzene rings is 1. The van der Waals surface area contributed by atoms with E-state index in [4.69, 9.17) is 5.11 Å². The van der Waals surface area contributed by atoms with Crippen LogP contribution in [0.5, 0.6) is 0 Å². The summed E-state index contributed by atoms with van der Waals surface area (Å²) in [6.45, 7) is 4.30. The van der Waals surface area contributed by atoms with Gasteiger partial charge in [0.15, 0.2) is 0 Å². The summed E-state index contributed by atoms with van der Waals surface area (Å²) in [6, 6.07) is 6.14. The second-order valence-corrected chi connectivity index (χ2v) is 3.07. The van der Waals surface area contributed by atoms with Crippen LogP contribution in [-0.2, 0) is 0 Å². The highest BCUT2D eigenvalue weighted by Gasteiger charge is 1.91. The Labute approximate surface area is 79.4 Å². The van der Waals surface area contributed by atoms with Crippen LogP contribution in [-0.4, -0.2) is 11.7 Å². The van der Waals surface area contributed by atoms with Gasteiger partial charge < -0.3 is 5.11 Å². The molecule has 1 N–H and O–H groups in total. The van der Waals surface area contributed by atoms with Crippen LogP contribution in [0.15, 0.2) is 18.2 Å². The highest BCUT2D eigenvalue weighted by Crippen LogP contribution is 2.08. The third-order valence-electron chi connectivity index (χ3n) is 1.98. The van der Waals surface area contributed by atoms with Crippen molar-refractivity contribution in [3.63, 3.8) is 0 Å². The van der Waals surface area contributed by atoms with E-state index in [0.29, 0.717) is 6.42 Å². The summed E-state index contributed by atoms with van der Waals surface area (Å²) in [5.41, 5.74) is 3.57. The molecule has 0 bridgehead atoms. The maximum Gasteiger partial charge on any atom is 0.0540 e. The lowest BCUT2D eigenvalue weighted by Crippen LogP contribution is -1.82. The van der Waals surface area contributed by atoms with Gasteiger partial charge in [-0.25, -0.2) is 0 Å². The second kappa shape index (κ2) is 4.69. The van der Waals surface area contributed by atoms with Gasteiger partial charge in [0.1, 0.15) is 0 Å². The van der Waals surface area contributed by atoms with Crippen LogP contribution < -0.4 is 0 Å². The summed E-state index contributed by atoms with van der Waals surface area (Å²) < 4.78 is 0. The zero-order chi connectivity index (χ0) is 9.68. The van der Waals surface area contributed by atoms with Crippen LogP contribution in [0.25, 0.3) is 0 Å². The van der Waals surface area contributed by atoms with Crippen molar-refractivity contribution in [1.82, 2.24) is 0 Å². The molecular formula is C12H14O. The molecule has 0 spiro atoms. The summed E-state index contributed by atoms with van der Waals surface area (Å²) in [4.78, 5) is 0. The molecule has 0 atom stereocenters. The van der Waals surface area contributed by atoms with E-state index >= 15 is 0 Å². The Kier molecular flexibility index (Phi) is 3.54. The van der Waals surface area contributed by atoms with Crippen molar-refractivity contribution >= 4 is 0 Å². The van der Waals surface area contributed by atoms with Crippen LogP contribution in [0.3, 0.4) is 0 Å². The lowest BCUT2D eigenvalue weighted by atomic mass is 10.1. The van der Waals surface area contributed by atoms with Crippen molar-refractivity contribution in [2.45, 2.75) is 20.3 Å². The molecular weight excluding hydrogens is 160 g/mol. The molecule has 0 aliphatic heterocycles. The fraction of sp³-hybridized carbons (Fsp3) is 0.333. The smallest absolute Gasteiger partial charge is 0.0540 e. The fourth-order valence-corrected chi connectivity index (χ4v) is 1.04. The summed E-state index contributed by atoms with van der Waals surface area (Å²) in [5.74, 6) is 5.90. The van der Waals surface area contributed by atoms with E-state index in [1.165, 1.54) is 11.1 Å². The molecule has 0 fully saturated rings. The lowest BCUT2D eigenvalue weighted by Gasteiger charge is -1.98. The Bertz CT molecular complexity index is 342. The topological polar surface area (TPSA) is 20.2 Å². The van der Waals surface area contributed by atoms with Gasteiger partial charge in [-0.15, -0.1) is 0 Å². The number of rotatable bonds is 1. The number of hydrogen-bond donors (Lipinski definition) is 1. The van der Waals surface area contributed by atoms with E-state index in [0.717, 1.165) is 5.56 Å². The lowest BCUT2D eigenvalue weighted by molar-refractivity contribution is 0.305. The minimum absolute atomic E-state index is 0.137. The van der Waals surface area contributed by atoms with Crippen LogP contribution in [0.2, 0.25) is 0 Å². The minimum Gasteiger partial charge on any atom is -0.395 e. The van der Waals surface area contributed by atoms with E-state index in [2.05, 4.69) is 37.8 Å². The molecule has 0 radical (unpaired) electrons. The van der Waals surface area contributed by atoms with Gasteiger partial charge in [0.05, 0.1) is 6.61 Å². The van der Waals surface area contributed by atoms with Gasteiger partial charge in [0.2, 0.25) is 0 Å². The van der Waals surface area contributed by atoms with Gasteiger partial charge in [-0.1, -0.05) is 17.9 Å². The molecule has 0 saturated heterocycles. The molecule has 1 heteroatoms. The molecule has 0 aliphatic rings. The normalized spacial score (nSPS) is 9.15. The first-order chi connectivity index (χ1) is 6.24. The molecule has 0 aromatic heterocycles. The van der Waals surface area contributed by atoms with Crippen molar-refractivity contribution in [2.24, 2.45) is 0 Å². The molecule has 0 unspecified atom stereocenters. The first-order valence-electron chi connectivity index (χ1n) is 4.41. The second-order valence-electron chi connectivity index (χ2n) is 3.07. The molecule has 13 heavy (non-hydrogen) atoms. The third kappa shape index (κ3) is 2.93. The SMILES string of the molecule is Cc1ccc(C#CCCO)cc1C. The molecule has 0 aliphatic carbocycles. The van der Waals surface area contributed by atoms with Crippen molar-refractivity contribution in [1.29, 1.82) is 0 Å². The van der Waals surface area contributed by atoms with Crippen LogP contribution in [0, 0.1) is 25.7 Å². The van der Waals surface area contributed by atoms with Gasteiger partial charge in [-0.05, 0) is 37.1 Å². The molecule has 0 heterocycles. The minimum atomic E-state index is 0.137. The standard InChI is InChI=1S/C12H14O/c1-10-6-7-12(9-11(10)2)5-3-4-8-13/h6-7,9,13H,4,8H2,1-2H3. The highest BCUT2D eigenvalue weighted by molar-refractivity contribution is 5.39. The predicted molar refractivity (Wildman–Crippen MR) is 54.5 cm³/mol. The zero-order valence-corrected chi connectivity index (χ0v) is 8.09. The molecule has 1 aromatic rings. The Morgan fingerprint density at radius 3 is 2.62 bits per heavy atom. The number of aliphatic hydroxyl groups excluding tert-OH is 1. The maximum atomic E-state index is 8.54. The number of aryl methyl sites for hydroxylation is 2. The summed E-state index contributed by atoms with van der Waals surface area (Å²) in [7, 11) is 0. The van der Waals surface area contributed by atoms with Crippen molar-refractivity contribution in [3.05, 3.63) is 34.9 Å². The quantitative estimate of drug-likeness (QED) is 0.646. The molecule has 68 valence electrons. The number of aliphatic hydroxyl groups is 1. The van der Waals surface area contributed by atoms with Gasteiger partial charge in [-0.3, -0.25) is 0 Å². The van der Waals surface area contributed by atoms with Gasteiger partial charge in [0, 0.05) is 12.0 Å². The number of hydrogen-bond acceptors (Lipinski definition) is 1. The van der Waals surface area contributed by atoms with E-state index < -0.39 is 0 Å². The van der Waals surface area contributed by atoms with Crippen molar-refractivity contribution in [2.75, 3.05) is 6.61 Å². The van der Waals surface area contributed by atoms with Crippen LogP contribution >= 0.6 is 0 Å². The summed E-state index contributed by atoms with van der Waals surface area (Å²) >= 11 is 0. The fourth-order valence-electron chi connectivity index (χ4n) is 1.04. The zero-order valence-electron chi connectivity index (χ0n) is 8.09. The predicted octanol–water partition coefficient (Wildman–Crippen LogP) is 2.04. The Hall–Kier alpha value is -1.26. The largest absolute Gasteiger partial charge is 0.395 e. The maximum absolute atomic E-state index is 8.54. The van der Waals surface area contributed by atoms with E-state index in [-0.39, 0.29) is 6.61 Å². The van der Waals surface area contributed by atoms with Crippen molar-refractivity contribution in [3.8, 4) is 11.8 Å². The molecule has 0 amide bonds. The Balaban J connectivity index is 2.81. The summed E-state index contributed by atoms with van der Waals surface area (Å²) in [5, 5.41) is 8.54. The van der Waals surface area contributed by atoms with Gasteiger partial charge >= 0.3 is 0 Å². The van der Waals surface area contributed by atoms with Crippen molar-refractivity contribution < 1.29 is 5.11 Å². The first kappa shape index (κ1) is 9.83. The first-order valence-corrected chi connectivity index (χ1v) is 4.41. The summed E-state index contributed by atoms with van der Waals surface area (Å²) in [6.07, 6.45) is 0.549. The monoisotopic (exact) mass is 174 g/mol. The highest BCUT2D eigenvalue weighted by atomic mass is 16.2. The van der Waals surface area contributed by atoms with E-state index in [9.17, 15) is 0 Å². The Morgan fingerprint density at radius 2 is 2.00 bits per heavy atom. The molecule has 1 aromatic carbocycles. The molecule has 1 rings (SSSR count). The van der Waals surface area contributed by atoms with Crippen LogP contribution in [0.1, 0.15) is 23.1 Å². The average molecular weight is 174 g/mol. The Morgan fingerprint density at radius 1 is 1.23 bits per heavy atom. The van der Waals surface area contributed by atoms with Crippen LogP contribution in [0.4, 0.5) is 0 Å². The molecule has 0 saturated carbocycles. The third-order valence-corrected chi connectivity index (χ3v) is 1.98. The van der Waals surface area contributed by atoms with E-state index in [1.54, 1.807) is 0 Å². The van der Waals surface area contributed by atoms with Gasteiger partial charge in [0.25, 0.3) is 0 Å². The molecule has 1 nitrogen and oxygen atoms in total. The van der Waals surface area contributed by atoms with Gasteiger partial charge in [-0.2, -0.15) is 0 Å².